The predicted octanol–water partition coefficient (Wildman–Crippen LogP) is 5.03. The molecule has 0 unspecified atom stereocenters. The highest BCUT2D eigenvalue weighted by Gasteiger charge is 2.49. The van der Waals surface area contributed by atoms with Crippen LogP contribution in [0.15, 0.2) is 24.4 Å². The standard InChI is InChI=1S/C31H32F5N9O2/c1-15-11-19(37)40-24(21(15)31(34,35)36)25-22(33)23-20-27(43-29(42-23)47-14-30-6-4-8-44(30)13-17(32)12-30)45(9-10-46-28(20)41-25)16(2)18-5-3-7-39-26(18)38/h3,5,7,11,16-17H,4,6,8-10,12-14H2,1-2H3,(H2,37,40)(H2,38,39)/t16-,17-,30+/m1/s1. The van der Waals surface area contributed by atoms with Crippen molar-refractivity contribution in [2.24, 2.45) is 0 Å². The van der Waals surface area contributed by atoms with Crippen LogP contribution in [0.4, 0.5) is 39.4 Å². The van der Waals surface area contributed by atoms with Crippen LogP contribution in [0.3, 0.4) is 0 Å². The second-order valence-corrected chi connectivity index (χ2v) is 12.3. The van der Waals surface area contributed by atoms with Crippen molar-refractivity contribution in [1.82, 2.24) is 29.8 Å². The van der Waals surface area contributed by atoms with E-state index in [1.165, 1.54) is 6.92 Å². The van der Waals surface area contributed by atoms with Crippen LogP contribution >= 0.6 is 0 Å². The fourth-order valence-electron chi connectivity index (χ4n) is 7.19. The van der Waals surface area contributed by atoms with Crippen molar-refractivity contribution in [3.63, 3.8) is 0 Å². The number of anilines is 3. The second kappa shape index (κ2) is 11.3. The van der Waals surface area contributed by atoms with E-state index < -0.39 is 46.7 Å². The molecule has 0 aliphatic carbocycles. The summed E-state index contributed by atoms with van der Waals surface area (Å²) in [5.74, 6) is -1.17. The first-order chi connectivity index (χ1) is 22.4. The molecule has 0 aromatic carbocycles. The van der Waals surface area contributed by atoms with Gasteiger partial charge in [0, 0.05) is 24.7 Å². The highest BCUT2D eigenvalue weighted by atomic mass is 19.4. The van der Waals surface area contributed by atoms with E-state index >= 15 is 4.39 Å². The number of halogens is 5. The van der Waals surface area contributed by atoms with Gasteiger partial charge in [-0.05, 0) is 50.9 Å². The summed E-state index contributed by atoms with van der Waals surface area (Å²) in [6.45, 7) is 4.35. The summed E-state index contributed by atoms with van der Waals surface area (Å²) in [7, 11) is 0. The molecule has 4 aromatic heterocycles. The van der Waals surface area contributed by atoms with Crippen LogP contribution in [-0.2, 0) is 6.18 Å². The number of nitrogens with zero attached hydrogens (tertiary/aromatic N) is 7. The van der Waals surface area contributed by atoms with Gasteiger partial charge in [-0.15, -0.1) is 0 Å². The van der Waals surface area contributed by atoms with Gasteiger partial charge in [0.25, 0.3) is 0 Å². The normalized spacial score (nSPS) is 21.9. The third-order valence-corrected chi connectivity index (χ3v) is 9.32. The fraction of sp³-hybridized carbons (Fsp3) is 0.452. The van der Waals surface area contributed by atoms with Crippen LogP contribution in [0.25, 0.3) is 22.3 Å². The van der Waals surface area contributed by atoms with Crippen LogP contribution in [-0.4, -0.2) is 74.4 Å². The molecule has 7 heterocycles. The van der Waals surface area contributed by atoms with Crippen LogP contribution in [0, 0.1) is 12.7 Å². The molecule has 11 nitrogen and oxygen atoms in total. The Balaban J connectivity index is 1.43. The van der Waals surface area contributed by atoms with Crippen LogP contribution < -0.4 is 25.8 Å². The highest BCUT2D eigenvalue weighted by Crippen LogP contribution is 2.45. The minimum atomic E-state index is -4.90. The molecule has 3 aliphatic rings. The lowest BCUT2D eigenvalue weighted by atomic mass is 9.95. The van der Waals surface area contributed by atoms with Gasteiger partial charge in [0.1, 0.15) is 59.1 Å². The van der Waals surface area contributed by atoms with Crippen molar-refractivity contribution in [3.8, 4) is 23.3 Å². The zero-order chi connectivity index (χ0) is 33.2. The Labute approximate surface area is 266 Å². The molecule has 47 heavy (non-hydrogen) atoms. The fourth-order valence-corrected chi connectivity index (χ4v) is 7.19. The Hall–Kier alpha value is -4.60. The minimum absolute atomic E-state index is 0.00963. The van der Waals surface area contributed by atoms with Crippen LogP contribution in [0.5, 0.6) is 11.9 Å². The van der Waals surface area contributed by atoms with Gasteiger partial charge in [-0.2, -0.15) is 23.1 Å². The highest BCUT2D eigenvalue weighted by molar-refractivity contribution is 5.97. The molecule has 4 aromatic rings. The van der Waals surface area contributed by atoms with Crippen molar-refractivity contribution < 1.29 is 31.4 Å². The van der Waals surface area contributed by atoms with E-state index in [-0.39, 0.29) is 72.0 Å². The summed E-state index contributed by atoms with van der Waals surface area (Å²) in [4.78, 5) is 25.2. The van der Waals surface area contributed by atoms with Crippen LogP contribution in [0.2, 0.25) is 0 Å². The maximum absolute atomic E-state index is 16.7. The Morgan fingerprint density at radius 1 is 1.15 bits per heavy atom. The van der Waals surface area contributed by atoms with Crippen molar-refractivity contribution in [2.75, 3.05) is 49.2 Å². The number of ether oxygens (including phenoxy) is 2. The lowest BCUT2D eigenvalue weighted by molar-refractivity contribution is -0.137. The molecule has 16 heteroatoms. The van der Waals surface area contributed by atoms with Crippen molar-refractivity contribution in [3.05, 3.63) is 46.9 Å². The number of nitrogens with two attached hydrogens (primary N) is 2. The van der Waals surface area contributed by atoms with Gasteiger partial charge in [-0.25, -0.2) is 23.7 Å². The molecular weight excluding hydrogens is 625 g/mol. The quantitative estimate of drug-likeness (QED) is 0.270. The SMILES string of the molecule is Cc1cc(N)nc(-c2nc3c4c(nc(OC[C@@]56CCCN5C[C@H](F)C6)nc4c2F)N([C@H](C)c2cccnc2N)CCO3)c1C(F)(F)F. The van der Waals surface area contributed by atoms with Gasteiger partial charge in [-0.1, -0.05) is 6.07 Å². The molecule has 2 fully saturated rings. The summed E-state index contributed by atoms with van der Waals surface area (Å²) >= 11 is 0. The summed E-state index contributed by atoms with van der Waals surface area (Å²) in [5, 5.41) is 0.0324. The first-order valence-electron chi connectivity index (χ1n) is 15.2. The Kier molecular flexibility index (Phi) is 7.44. The average molecular weight is 658 g/mol. The molecule has 0 saturated carbocycles. The maximum atomic E-state index is 16.7. The van der Waals surface area contributed by atoms with Gasteiger partial charge in [-0.3, -0.25) is 4.90 Å². The third kappa shape index (κ3) is 5.27. The third-order valence-electron chi connectivity index (χ3n) is 9.32. The molecule has 2 saturated heterocycles. The average Bonchev–Trinajstić information content (AvgIpc) is 3.46. The molecule has 0 bridgehead atoms. The largest absolute Gasteiger partial charge is 0.475 e. The Morgan fingerprint density at radius 3 is 2.72 bits per heavy atom. The second-order valence-electron chi connectivity index (χ2n) is 12.3. The number of pyridine rings is 3. The van der Waals surface area contributed by atoms with Crippen molar-refractivity contribution in [1.29, 1.82) is 0 Å². The molecular formula is C31H32F5N9O2. The van der Waals surface area contributed by atoms with Gasteiger partial charge in [0.05, 0.1) is 23.7 Å². The number of alkyl halides is 4. The zero-order valence-electron chi connectivity index (χ0n) is 25.6. The zero-order valence-corrected chi connectivity index (χ0v) is 25.6. The number of rotatable bonds is 6. The van der Waals surface area contributed by atoms with Gasteiger partial charge in [0.15, 0.2) is 5.82 Å². The van der Waals surface area contributed by atoms with E-state index in [0.29, 0.717) is 18.5 Å². The van der Waals surface area contributed by atoms with Gasteiger partial charge in [0.2, 0.25) is 5.88 Å². The molecule has 4 N–H and O–H groups in total. The van der Waals surface area contributed by atoms with E-state index in [0.717, 1.165) is 19.0 Å². The van der Waals surface area contributed by atoms with Crippen molar-refractivity contribution >= 4 is 28.4 Å². The number of fused-ring (bicyclic) bond motifs is 1. The summed E-state index contributed by atoms with van der Waals surface area (Å²) in [6, 6.07) is 3.89. The summed E-state index contributed by atoms with van der Waals surface area (Å²) in [5.41, 5.74) is 8.78. The molecule has 7 rings (SSSR count). The summed E-state index contributed by atoms with van der Waals surface area (Å²) < 4.78 is 86.2. The van der Waals surface area contributed by atoms with Crippen molar-refractivity contribution in [2.45, 2.75) is 57.0 Å². The van der Waals surface area contributed by atoms with E-state index in [2.05, 4.69) is 24.9 Å². The van der Waals surface area contributed by atoms with E-state index in [4.69, 9.17) is 20.9 Å². The first-order valence-corrected chi connectivity index (χ1v) is 15.2. The summed E-state index contributed by atoms with van der Waals surface area (Å²) in [6.07, 6.45) is -2.50. The van der Waals surface area contributed by atoms with E-state index in [1.807, 2.05) is 11.8 Å². The molecule has 0 radical (unpaired) electrons. The first kappa shape index (κ1) is 31.0. The molecule has 0 spiro atoms. The molecule has 3 atom stereocenters. The van der Waals surface area contributed by atoms with Gasteiger partial charge >= 0.3 is 12.2 Å². The lowest BCUT2D eigenvalue weighted by Crippen LogP contribution is -2.43. The number of nitrogen functional groups attached to an aromatic ring is 2. The smallest absolute Gasteiger partial charge is 0.418 e. The monoisotopic (exact) mass is 657 g/mol. The molecule has 248 valence electrons. The number of aromatic nitrogens is 5. The Bertz CT molecular complexity index is 1880. The Morgan fingerprint density at radius 2 is 1.96 bits per heavy atom. The number of hydrogen-bond acceptors (Lipinski definition) is 11. The number of hydrogen-bond donors (Lipinski definition) is 2. The maximum Gasteiger partial charge on any atom is 0.418 e. The van der Waals surface area contributed by atoms with Gasteiger partial charge < -0.3 is 25.8 Å². The minimum Gasteiger partial charge on any atom is -0.475 e. The lowest BCUT2D eigenvalue weighted by Gasteiger charge is -2.32. The van der Waals surface area contributed by atoms with E-state index in [1.54, 1.807) is 23.2 Å². The molecule has 3 aliphatic heterocycles. The van der Waals surface area contributed by atoms with E-state index in [9.17, 15) is 17.6 Å². The van der Waals surface area contributed by atoms with Crippen LogP contribution in [0.1, 0.15) is 48.9 Å². The molecule has 0 amide bonds. The predicted molar refractivity (Wildman–Crippen MR) is 163 cm³/mol. The number of aryl methyl sites for hydroxylation is 1. The topological polar surface area (TPSA) is 141 Å².